The Kier molecular flexibility index (Phi) is 5.54. The van der Waals surface area contributed by atoms with Crippen LogP contribution in [-0.2, 0) is 0 Å². The van der Waals surface area contributed by atoms with Crippen molar-refractivity contribution in [2.45, 2.75) is 0 Å². The van der Waals surface area contributed by atoms with Crippen LogP contribution in [0.15, 0.2) is 73.2 Å². The Balaban J connectivity index is 1.43. The van der Waals surface area contributed by atoms with E-state index in [-0.39, 0.29) is 11.8 Å². The van der Waals surface area contributed by atoms with E-state index in [1.54, 1.807) is 50.8 Å². The molecular formula is C27H22FN9O. The molecule has 0 saturated heterocycles. The van der Waals surface area contributed by atoms with Gasteiger partial charge in [0.1, 0.15) is 11.5 Å². The maximum absolute atomic E-state index is 14.6. The summed E-state index contributed by atoms with van der Waals surface area (Å²) >= 11 is 0. The van der Waals surface area contributed by atoms with E-state index >= 15 is 0 Å². The SMILES string of the molecule is CN(C)C(=O)N(N)c1cncc(-c2cnc3[nH]nc(-c4nc5c(-c6ccccc6F)cccc5[nH]4)c3c2)c1. The number of pyridine rings is 2. The zero-order valence-electron chi connectivity index (χ0n) is 20.5. The molecule has 0 aliphatic carbocycles. The minimum atomic E-state index is -0.380. The van der Waals surface area contributed by atoms with Gasteiger partial charge in [0, 0.05) is 48.7 Å². The van der Waals surface area contributed by atoms with Gasteiger partial charge in [-0.25, -0.2) is 30.0 Å². The molecule has 0 fully saturated rings. The fourth-order valence-corrected chi connectivity index (χ4v) is 4.33. The van der Waals surface area contributed by atoms with Gasteiger partial charge in [0.15, 0.2) is 11.5 Å². The number of imidazole rings is 1. The number of aromatic amines is 2. The lowest BCUT2D eigenvalue weighted by Gasteiger charge is -2.21. The number of carbonyl (C=O) groups is 1. The smallest absolute Gasteiger partial charge is 0.337 e. The second-order valence-corrected chi connectivity index (χ2v) is 8.94. The van der Waals surface area contributed by atoms with Crippen LogP contribution in [0, 0.1) is 5.82 Å². The number of rotatable bonds is 4. The van der Waals surface area contributed by atoms with Crippen LogP contribution in [0.2, 0.25) is 0 Å². The quantitative estimate of drug-likeness (QED) is 0.179. The van der Waals surface area contributed by atoms with Crippen molar-refractivity contribution in [1.29, 1.82) is 0 Å². The van der Waals surface area contributed by atoms with Crippen molar-refractivity contribution < 1.29 is 9.18 Å². The Bertz CT molecular complexity index is 1820. The number of hydrogen-bond donors (Lipinski definition) is 3. The lowest BCUT2D eigenvalue weighted by Crippen LogP contribution is -2.44. The number of hydrogen-bond acceptors (Lipinski definition) is 6. The summed E-state index contributed by atoms with van der Waals surface area (Å²) in [4.78, 5) is 30.5. The predicted molar refractivity (Wildman–Crippen MR) is 143 cm³/mol. The highest BCUT2D eigenvalue weighted by Crippen LogP contribution is 2.33. The van der Waals surface area contributed by atoms with Crippen molar-refractivity contribution in [3.8, 4) is 33.8 Å². The Morgan fingerprint density at radius 1 is 0.974 bits per heavy atom. The third kappa shape index (κ3) is 3.91. The van der Waals surface area contributed by atoms with Crippen molar-refractivity contribution in [1.82, 2.24) is 35.0 Å². The third-order valence-electron chi connectivity index (χ3n) is 6.24. The van der Waals surface area contributed by atoms with Crippen LogP contribution in [0.5, 0.6) is 0 Å². The van der Waals surface area contributed by atoms with Crippen LogP contribution < -0.4 is 10.9 Å². The molecule has 6 rings (SSSR count). The van der Waals surface area contributed by atoms with Crippen LogP contribution in [0.1, 0.15) is 0 Å². The molecule has 0 aliphatic heterocycles. The first kappa shape index (κ1) is 23.3. The first-order chi connectivity index (χ1) is 18.4. The maximum Gasteiger partial charge on any atom is 0.338 e. The van der Waals surface area contributed by atoms with E-state index in [2.05, 4.69) is 25.1 Å². The number of aromatic nitrogens is 6. The minimum absolute atomic E-state index is 0.317. The fourth-order valence-electron chi connectivity index (χ4n) is 4.33. The van der Waals surface area contributed by atoms with Gasteiger partial charge in [-0.1, -0.05) is 30.3 Å². The van der Waals surface area contributed by atoms with Crippen molar-refractivity contribution in [2.75, 3.05) is 19.1 Å². The van der Waals surface area contributed by atoms with E-state index in [1.165, 1.54) is 17.2 Å². The normalized spacial score (nSPS) is 11.3. The third-order valence-corrected chi connectivity index (χ3v) is 6.24. The van der Waals surface area contributed by atoms with E-state index in [4.69, 9.17) is 10.8 Å². The van der Waals surface area contributed by atoms with Crippen LogP contribution in [0.3, 0.4) is 0 Å². The van der Waals surface area contributed by atoms with Crippen LogP contribution in [-0.4, -0.2) is 55.2 Å². The highest BCUT2D eigenvalue weighted by molar-refractivity contribution is 5.97. The van der Waals surface area contributed by atoms with Gasteiger partial charge in [-0.15, -0.1) is 0 Å². The molecule has 2 amide bonds. The number of hydrazine groups is 1. The molecule has 0 radical (unpaired) electrons. The van der Waals surface area contributed by atoms with E-state index < -0.39 is 0 Å². The number of benzene rings is 2. The average molecular weight is 508 g/mol. The van der Waals surface area contributed by atoms with Gasteiger partial charge in [-0.3, -0.25) is 10.1 Å². The van der Waals surface area contributed by atoms with Crippen molar-refractivity contribution in [3.05, 3.63) is 79.0 Å². The largest absolute Gasteiger partial charge is 0.338 e. The van der Waals surface area contributed by atoms with Gasteiger partial charge in [-0.05, 0) is 24.3 Å². The number of amides is 2. The highest BCUT2D eigenvalue weighted by atomic mass is 19.1. The monoisotopic (exact) mass is 507 g/mol. The van der Waals surface area contributed by atoms with Crippen molar-refractivity contribution >= 4 is 33.8 Å². The van der Waals surface area contributed by atoms with Crippen LogP contribution in [0.25, 0.3) is 55.8 Å². The molecule has 4 heterocycles. The number of fused-ring (bicyclic) bond motifs is 2. The van der Waals surface area contributed by atoms with Crippen LogP contribution >= 0.6 is 0 Å². The van der Waals surface area contributed by atoms with Gasteiger partial charge in [0.25, 0.3) is 0 Å². The van der Waals surface area contributed by atoms with E-state index in [1.807, 2.05) is 24.3 Å². The summed E-state index contributed by atoms with van der Waals surface area (Å²) in [6.45, 7) is 0. The first-order valence-electron chi connectivity index (χ1n) is 11.7. The number of carbonyl (C=O) groups excluding carboxylic acids is 1. The Hall–Kier alpha value is -5.16. The molecule has 4 aromatic heterocycles. The number of nitrogens with zero attached hydrogens (tertiary/aromatic N) is 6. The van der Waals surface area contributed by atoms with Gasteiger partial charge in [-0.2, -0.15) is 5.10 Å². The number of anilines is 1. The minimum Gasteiger partial charge on any atom is -0.337 e. The summed E-state index contributed by atoms with van der Waals surface area (Å²) in [6.07, 6.45) is 4.87. The van der Waals surface area contributed by atoms with Crippen molar-refractivity contribution in [2.24, 2.45) is 5.84 Å². The first-order valence-corrected chi connectivity index (χ1v) is 11.7. The highest BCUT2D eigenvalue weighted by Gasteiger charge is 2.18. The standard InChI is InChI=1S/C27H22FN9O/c1-36(2)27(38)37(29)17-10-15(12-30-14-17)16-11-20-24(34-35-25(20)31-13-16)26-32-22-9-5-7-19(23(22)33-26)18-6-3-4-8-21(18)28/h3-14H,29H2,1-2H3,(H,32,33)(H,31,34,35). The van der Waals surface area contributed by atoms with Gasteiger partial charge in [0.05, 0.1) is 28.3 Å². The number of nitrogens with two attached hydrogens (primary N) is 1. The molecule has 0 bridgehead atoms. The van der Waals surface area contributed by atoms with Gasteiger partial charge >= 0.3 is 6.03 Å². The lowest BCUT2D eigenvalue weighted by molar-refractivity contribution is 0.224. The molecule has 4 N–H and O–H groups in total. The molecule has 188 valence electrons. The number of nitrogens with one attached hydrogen (secondary N) is 2. The molecule has 0 saturated carbocycles. The topological polar surface area (TPSA) is 133 Å². The van der Waals surface area contributed by atoms with E-state index in [0.29, 0.717) is 39.5 Å². The Labute approximate surface area is 215 Å². The molecule has 10 nitrogen and oxygen atoms in total. The zero-order valence-corrected chi connectivity index (χ0v) is 20.5. The number of H-pyrrole nitrogens is 2. The van der Waals surface area contributed by atoms with E-state index in [9.17, 15) is 9.18 Å². The van der Waals surface area contributed by atoms with Crippen molar-refractivity contribution in [3.63, 3.8) is 0 Å². The molecular weight excluding hydrogens is 485 g/mol. The van der Waals surface area contributed by atoms with Gasteiger partial charge in [0.2, 0.25) is 0 Å². The average Bonchev–Trinajstić information content (AvgIpc) is 3.56. The van der Waals surface area contributed by atoms with E-state index in [0.717, 1.165) is 27.0 Å². The Morgan fingerprint density at radius 2 is 1.76 bits per heavy atom. The summed E-state index contributed by atoms with van der Waals surface area (Å²) in [6, 6.07) is 15.5. The molecule has 0 unspecified atom stereocenters. The Morgan fingerprint density at radius 3 is 2.58 bits per heavy atom. The second-order valence-electron chi connectivity index (χ2n) is 8.94. The summed E-state index contributed by atoms with van der Waals surface area (Å²) < 4.78 is 14.6. The molecule has 0 aliphatic rings. The summed E-state index contributed by atoms with van der Waals surface area (Å²) in [5.74, 6) is 6.20. The molecule has 38 heavy (non-hydrogen) atoms. The molecule has 0 spiro atoms. The summed E-state index contributed by atoms with van der Waals surface area (Å²) in [5.41, 5.74) is 5.60. The molecule has 11 heteroatoms. The predicted octanol–water partition coefficient (Wildman–Crippen LogP) is 4.73. The molecule has 0 atom stereocenters. The number of halogens is 1. The fraction of sp³-hybridized carbons (Fsp3) is 0.0741. The lowest BCUT2D eigenvalue weighted by atomic mass is 10.0. The zero-order chi connectivity index (χ0) is 26.4. The second kappa shape index (κ2) is 9.05. The summed E-state index contributed by atoms with van der Waals surface area (Å²) in [5, 5.41) is 9.17. The number of para-hydroxylation sites is 1. The van der Waals surface area contributed by atoms with Gasteiger partial charge < -0.3 is 9.88 Å². The number of urea groups is 1. The maximum atomic E-state index is 14.6. The summed E-state index contributed by atoms with van der Waals surface area (Å²) in [7, 11) is 3.24. The molecule has 6 aromatic rings. The molecule has 2 aromatic carbocycles. The van der Waals surface area contributed by atoms with Crippen LogP contribution in [0.4, 0.5) is 14.9 Å².